The van der Waals surface area contributed by atoms with E-state index in [-0.39, 0.29) is 18.6 Å². The molecule has 2 fully saturated rings. The molecule has 0 aliphatic carbocycles. The molecule has 0 radical (unpaired) electrons. The number of rotatable bonds is 5. The van der Waals surface area contributed by atoms with Crippen molar-refractivity contribution in [3.63, 3.8) is 0 Å². The van der Waals surface area contributed by atoms with Crippen molar-refractivity contribution in [2.45, 2.75) is 51.7 Å². The Morgan fingerprint density at radius 1 is 1.48 bits per heavy atom. The summed E-state index contributed by atoms with van der Waals surface area (Å²) < 4.78 is 11.1. The maximum Gasteiger partial charge on any atom is 0.311 e. The van der Waals surface area contributed by atoms with Crippen molar-refractivity contribution in [2.24, 2.45) is 5.41 Å². The highest BCUT2D eigenvalue weighted by Gasteiger charge is 2.40. The third-order valence-corrected chi connectivity index (χ3v) is 4.43. The van der Waals surface area contributed by atoms with Gasteiger partial charge in [-0.1, -0.05) is 0 Å². The van der Waals surface area contributed by atoms with Crippen LogP contribution in [0.2, 0.25) is 0 Å². The van der Waals surface area contributed by atoms with Gasteiger partial charge in [-0.2, -0.15) is 0 Å². The lowest BCUT2D eigenvalue weighted by Crippen LogP contribution is -2.51. The molecule has 0 aromatic heterocycles. The Balaban J connectivity index is 1.84. The zero-order chi connectivity index (χ0) is 15.5. The van der Waals surface area contributed by atoms with Crippen LogP contribution in [-0.4, -0.2) is 60.4 Å². The zero-order valence-electron chi connectivity index (χ0n) is 12.8. The number of carbonyl (C=O) groups is 2. The van der Waals surface area contributed by atoms with Crippen molar-refractivity contribution in [3.05, 3.63) is 0 Å². The summed E-state index contributed by atoms with van der Waals surface area (Å²) in [6.07, 6.45) is 2.88. The lowest BCUT2D eigenvalue weighted by Gasteiger charge is -2.38. The van der Waals surface area contributed by atoms with E-state index in [4.69, 9.17) is 9.47 Å². The van der Waals surface area contributed by atoms with Crippen LogP contribution < -0.4 is 0 Å². The number of ether oxygens (including phenoxy) is 2. The van der Waals surface area contributed by atoms with Crippen LogP contribution in [0.4, 0.5) is 0 Å². The normalized spacial score (nSPS) is 31.1. The third kappa shape index (κ3) is 3.95. The smallest absolute Gasteiger partial charge is 0.311 e. The monoisotopic (exact) mass is 299 g/mol. The maximum atomic E-state index is 12.4. The molecular formula is C15H25NO5. The molecule has 2 saturated heterocycles. The molecule has 6 heteroatoms. The summed E-state index contributed by atoms with van der Waals surface area (Å²) in [5, 5.41) is 9.30. The summed E-state index contributed by atoms with van der Waals surface area (Å²) in [5.74, 6) is -0.965. The van der Waals surface area contributed by atoms with E-state index in [1.54, 1.807) is 18.7 Å². The minimum Gasteiger partial charge on any atom is -0.481 e. The maximum absolute atomic E-state index is 12.4. The van der Waals surface area contributed by atoms with E-state index >= 15 is 0 Å². The van der Waals surface area contributed by atoms with Gasteiger partial charge >= 0.3 is 5.97 Å². The zero-order valence-corrected chi connectivity index (χ0v) is 12.8. The second-order valence-electron chi connectivity index (χ2n) is 6.34. The predicted molar refractivity (Wildman–Crippen MR) is 75.9 cm³/mol. The van der Waals surface area contributed by atoms with E-state index in [0.29, 0.717) is 26.0 Å². The number of carbonyl (C=O) groups excluding carboxylic acids is 1. The third-order valence-electron chi connectivity index (χ3n) is 4.43. The van der Waals surface area contributed by atoms with Crippen LogP contribution in [0, 0.1) is 5.41 Å². The van der Waals surface area contributed by atoms with Crippen LogP contribution in [0.25, 0.3) is 0 Å². The van der Waals surface area contributed by atoms with Crippen LogP contribution in [-0.2, 0) is 19.1 Å². The summed E-state index contributed by atoms with van der Waals surface area (Å²) in [6.45, 7) is 5.48. The van der Waals surface area contributed by atoms with Crippen molar-refractivity contribution in [1.29, 1.82) is 0 Å². The molecule has 0 aromatic carbocycles. The van der Waals surface area contributed by atoms with E-state index in [0.717, 1.165) is 19.4 Å². The highest BCUT2D eigenvalue weighted by atomic mass is 16.5. The minimum absolute atomic E-state index is 0.0888. The van der Waals surface area contributed by atoms with Crippen molar-refractivity contribution in [2.75, 3.05) is 26.3 Å². The van der Waals surface area contributed by atoms with Crippen molar-refractivity contribution >= 4 is 11.9 Å². The van der Waals surface area contributed by atoms with Gasteiger partial charge in [0.15, 0.2) is 0 Å². The molecule has 2 heterocycles. The van der Waals surface area contributed by atoms with Gasteiger partial charge in [0.25, 0.3) is 5.91 Å². The Kier molecular flexibility index (Phi) is 5.22. The summed E-state index contributed by atoms with van der Waals surface area (Å²) in [6, 6.07) is 0. The van der Waals surface area contributed by atoms with Gasteiger partial charge in [-0.25, -0.2) is 0 Å². The van der Waals surface area contributed by atoms with Gasteiger partial charge in [0.2, 0.25) is 0 Å². The number of carboxylic acids is 1. The van der Waals surface area contributed by atoms with E-state index in [1.807, 2.05) is 0 Å². The van der Waals surface area contributed by atoms with Gasteiger partial charge in [-0.3, -0.25) is 9.59 Å². The van der Waals surface area contributed by atoms with Gasteiger partial charge in [0.05, 0.1) is 18.1 Å². The summed E-state index contributed by atoms with van der Waals surface area (Å²) >= 11 is 0. The number of piperidine rings is 1. The summed E-state index contributed by atoms with van der Waals surface area (Å²) in [7, 11) is 0. The van der Waals surface area contributed by atoms with Crippen LogP contribution in [0.1, 0.15) is 39.5 Å². The lowest BCUT2D eigenvalue weighted by atomic mass is 9.82. The molecule has 1 amide bonds. The Morgan fingerprint density at radius 3 is 2.86 bits per heavy atom. The number of hydrogen-bond acceptors (Lipinski definition) is 4. The van der Waals surface area contributed by atoms with E-state index in [1.165, 1.54) is 0 Å². The van der Waals surface area contributed by atoms with Gasteiger partial charge in [-0.15, -0.1) is 0 Å². The predicted octanol–water partition coefficient (Wildman–Crippen LogP) is 1.28. The molecule has 2 aliphatic rings. The van der Waals surface area contributed by atoms with E-state index in [2.05, 4.69) is 0 Å². The molecule has 0 spiro atoms. The standard InChI is InChI=1S/C15H25NO5/c1-11(21-9-12-5-3-8-20-12)13(17)16-7-4-6-15(2,10-16)14(18)19/h11-12H,3-10H2,1-2H3,(H,18,19). The van der Waals surface area contributed by atoms with Crippen molar-refractivity contribution < 1.29 is 24.2 Å². The number of amides is 1. The molecule has 2 rings (SSSR count). The Labute approximate surface area is 125 Å². The Morgan fingerprint density at radius 2 is 2.24 bits per heavy atom. The van der Waals surface area contributed by atoms with E-state index < -0.39 is 17.5 Å². The SMILES string of the molecule is CC(OCC1CCCO1)C(=O)N1CCCC(C)(C(=O)O)C1. The molecular weight excluding hydrogens is 274 g/mol. The van der Waals surface area contributed by atoms with Crippen molar-refractivity contribution in [1.82, 2.24) is 4.90 Å². The van der Waals surface area contributed by atoms with E-state index in [9.17, 15) is 14.7 Å². The largest absolute Gasteiger partial charge is 0.481 e. The molecule has 120 valence electrons. The first kappa shape index (κ1) is 16.2. The average molecular weight is 299 g/mol. The molecule has 3 unspecified atom stereocenters. The average Bonchev–Trinajstić information content (AvgIpc) is 2.97. The molecule has 1 N–H and O–H groups in total. The topological polar surface area (TPSA) is 76.1 Å². The quantitative estimate of drug-likeness (QED) is 0.827. The number of nitrogens with zero attached hydrogens (tertiary/aromatic N) is 1. The summed E-state index contributed by atoms with van der Waals surface area (Å²) in [5.41, 5.74) is -0.845. The molecule has 2 aliphatic heterocycles. The van der Waals surface area contributed by atoms with Crippen LogP contribution >= 0.6 is 0 Å². The first-order valence-electron chi connectivity index (χ1n) is 7.68. The second-order valence-corrected chi connectivity index (χ2v) is 6.34. The Bertz CT molecular complexity index is 394. The fourth-order valence-electron chi connectivity index (χ4n) is 2.96. The molecule has 3 atom stereocenters. The van der Waals surface area contributed by atoms with Crippen molar-refractivity contribution in [3.8, 4) is 0 Å². The van der Waals surface area contributed by atoms with Crippen LogP contribution in [0.15, 0.2) is 0 Å². The molecule has 6 nitrogen and oxygen atoms in total. The molecule has 0 saturated carbocycles. The number of aliphatic carboxylic acids is 1. The van der Waals surface area contributed by atoms with Gasteiger partial charge in [-0.05, 0) is 39.5 Å². The molecule has 0 aromatic rings. The Hall–Kier alpha value is -1.14. The summed E-state index contributed by atoms with van der Waals surface area (Å²) in [4.78, 5) is 25.3. The molecule has 0 bridgehead atoms. The number of likely N-dealkylation sites (tertiary alicyclic amines) is 1. The lowest BCUT2D eigenvalue weighted by molar-refractivity contribution is -0.157. The highest BCUT2D eigenvalue weighted by Crippen LogP contribution is 2.30. The fourth-order valence-corrected chi connectivity index (χ4v) is 2.96. The second kappa shape index (κ2) is 6.75. The number of carboxylic acid groups (broad SMARTS) is 1. The van der Waals surface area contributed by atoms with Crippen LogP contribution in [0.3, 0.4) is 0 Å². The van der Waals surface area contributed by atoms with Gasteiger partial charge < -0.3 is 19.5 Å². The fraction of sp³-hybridized carbons (Fsp3) is 0.867. The number of hydrogen-bond donors (Lipinski definition) is 1. The highest BCUT2D eigenvalue weighted by molar-refractivity contribution is 5.82. The van der Waals surface area contributed by atoms with Gasteiger partial charge in [0, 0.05) is 19.7 Å². The van der Waals surface area contributed by atoms with Gasteiger partial charge in [0.1, 0.15) is 6.10 Å². The molecule has 21 heavy (non-hydrogen) atoms. The minimum atomic E-state index is -0.845. The van der Waals surface area contributed by atoms with Crippen LogP contribution in [0.5, 0.6) is 0 Å². The first-order valence-corrected chi connectivity index (χ1v) is 7.68. The first-order chi connectivity index (χ1) is 9.92.